The number of urea groups is 1. The van der Waals surface area contributed by atoms with Crippen LogP contribution in [0.15, 0.2) is 42.7 Å². The summed E-state index contributed by atoms with van der Waals surface area (Å²) < 4.78 is 1.82. The molecule has 1 saturated heterocycles. The van der Waals surface area contributed by atoms with E-state index in [0.717, 1.165) is 23.5 Å². The van der Waals surface area contributed by atoms with Gasteiger partial charge in [0.1, 0.15) is 0 Å². The summed E-state index contributed by atoms with van der Waals surface area (Å²) in [4.78, 5) is 18.1. The van der Waals surface area contributed by atoms with Gasteiger partial charge in [0.25, 0.3) is 0 Å². The molecule has 0 saturated carbocycles. The zero-order valence-electron chi connectivity index (χ0n) is 13.9. The maximum absolute atomic E-state index is 11.8. The number of rotatable bonds is 5. The maximum Gasteiger partial charge on any atom is 0.317 e. The van der Waals surface area contributed by atoms with Gasteiger partial charge in [-0.2, -0.15) is 0 Å². The number of carbonyl (C=O) groups is 1. The van der Waals surface area contributed by atoms with Crippen molar-refractivity contribution in [2.75, 3.05) is 18.4 Å². The smallest absolute Gasteiger partial charge is 0.317 e. The number of carbonyl (C=O) groups excluding carboxylic acids is 1. The van der Waals surface area contributed by atoms with Gasteiger partial charge in [-0.25, -0.2) is 9.78 Å². The van der Waals surface area contributed by atoms with E-state index in [1.54, 1.807) is 17.2 Å². The highest BCUT2D eigenvalue weighted by Crippen LogP contribution is 2.23. The number of nitrogens with zero attached hydrogens (tertiary/aromatic N) is 3. The van der Waals surface area contributed by atoms with Gasteiger partial charge >= 0.3 is 6.03 Å². The molecule has 1 aliphatic rings. The fourth-order valence-corrected chi connectivity index (χ4v) is 3.57. The maximum atomic E-state index is 11.8. The van der Waals surface area contributed by atoms with E-state index in [-0.39, 0.29) is 6.03 Å². The summed E-state index contributed by atoms with van der Waals surface area (Å²) in [5, 5.41) is 7.31. The lowest BCUT2D eigenvalue weighted by Crippen LogP contribution is -2.27. The first kappa shape index (κ1) is 17.0. The number of benzene rings is 1. The average Bonchev–Trinajstić information content (AvgIpc) is 3.20. The minimum Gasteiger partial charge on any atom is -0.379 e. The first-order valence-electron chi connectivity index (χ1n) is 8.27. The first-order chi connectivity index (χ1) is 12.6. The van der Waals surface area contributed by atoms with Crippen LogP contribution in [0, 0.1) is 0 Å². The number of halogens is 2. The summed E-state index contributed by atoms with van der Waals surface area (Å²) >= 11 is 12.2. The van der Waals surface area contributed by atoms with Crippen LogP contribution in [0.3, 0.4) is 0 Å². The van der Waals surface area contributed by atoms with E-state index in [4.69, 9.17) is 23.2 Å². The second-order valence-electron chi connectivity index (χ2n) is 6.13. The van der Waals surface area contributed by atoms with Crippen molar-refractivity contribution in [1.82, 2.24) is 19.6 Å². The number of nitrogens with one attached hydrogen (secondary N) is 2. The molecule has 2 N–H and O–H groups in total. The van der Waals surface area contributed by atoms with Crippen molar-refractivity contribution >= 4 is 40.6 Å². The Morgan fingerprint density at radius 3 is 2.88 bits per heavy atom. The largest absolute Gasteiger partial charge is 0.379 e. The van der Waals surface area contributed by atoms with Gasteiger partial charge < -0.3 is 19.9 Å². The highest BCUT2D eigenvalue weighted by Gasteiger charge is 2.20. The normalized spacial score (nSPS) is 14.1. The molecule has 6 nitrogen and oxygen atoms in total. The standard InChI is InChI=1S/C18H17Cl2N5O/c19-13-7-15(20)17-23-14(11-25(17)10-13)8-22-16-4-2-1-3-12(16)9-24-6-5-21-18(24)26/h1-4,7,10-11,22H,5-6,8-9H2,(H,21,26). The number of amides is 2. The number of pyridine rings is 1. The van der Waals surface area contributed by atoms with Crippen molar-refractivity contribution in [1.29, 1.82) is 0 Å². The third-order valence-electron chi connectivity index (χ3n) is 4.31. The zero-order chi connectivity index (χ0) is 18.1. The Hall–Kier alpha value is -2.44. The van der Waals surface area contributed by atoms with Crippen LogP contribution in [-0.4, -0.2) is 33.4 Å². The molecular formula is C18H17Cl2N5O. The van der Waals surface area contributed by atoms with Crippen molar-refractivity contribution in [3.8, 4) is 0 Å². The van der Waals surface area contributed by atoms with E-state index in [2.05, 4.69) is 15.6 Å². The summed E-state index contributed by atoms with van der Waals surface area (Å²) in [7, 11) is 0. The average molecular weight is 390 g/mol. The summed E-state index contributed by atoms with van der Waals surface area (Å²) in [5.74, 6) is 0. The Kier molecular flexibility index (Phi) is 4.61. The Bertz CT molecular complexity index is 971. The van der Waals surface area contributed by atoms with Crippen LogP contribution in [0.2, 0.25) is 10.0 Å². The Balaban J connectivity index is 1.51. The van der Waals surface area contributed by atoms with Crippen molar-refractivity contribution in [3.63, 3.8) is 0 Å². The minimum atomic E-state index is -0.0216. The molecule has 3 aromatic rings. The molecule has 2 amide bonds. The predicted molar refractivity (Wildman–Crippen MR) is 103 cm³/mol. The fraction of sp³-hybridized carbons (Fsp3) is 0.222. The number of fused-ring (bicyclic) bond motifs is 1. The van der Waals surface area contributed by atoms with Crippen molar-refractivity contribution in [2.24, 2.45) is 0 Å². The Morgan fingerprint density at radius 2 is 2.08 bits per heavy atom. The van der Waals surface area contributed by atoms with Gasteiger partial charge in [-0.05, 0) is 17.7 Å². The van der Waals surface area contributed by atoms with Crippen LogP contribution in [0.4, 0.5) is 10.5 Å². The van der Waals surface area contributed by atoms with Gasteiger partial charge in [0.15, 0.2) is 5.65 Å². The molecule has 0 bridgehead atoms. The number of anilines is 1. The summed E-state index contributed by atoms with van der Waals surface area (Å²) in [5.41, 5.74) is 3.57. The quantitative estimate of drug-likeness (QED) is 0.697. The lowest BCUT2D eigenvalue weighted by atomic mass is 10.1. The van der Waals surface area contributed by atoms with Crippen molar-refractivity contribution < 1.29 is 4.79 Å². The Labute approximate surface area is 160 Å². The van der Waals surface area contributed by atoms with Crippen LogP contribution in [0.5, 0.6) is 0 Å². The first-order valence-corrected chi connectivity index (χ1v) is 9.03. The van der Waals surface area contributed by atoms with Gasteiger partial charge in [0.05, 0.1) is 22.3 Å². The summed E-state index contributed by atoms with van der Waals surface area (Å²) in [6.45, 7) is 2.53. The van der Waals surface area contributed by atoms with Gasteiger partial charge in [0, 0.05) is 37.7 Å². The highest BCUT2D eigenvalue weighted by molar-refractivity contribution is 6.36. The second kappa shape index (κ2) is 7.05. The van der Waals surface area contributed by atoms with Gasteiger partial charge in [-0.1, -0.05) is 41.4 Å². The van der Waals surface area contributed by atoms with Crippen LogP contribution in [0.1, 0.15) is 11.3 Å². The number of imidazole rings is 1. The molecule has 2 aromatic heterocycles. The lowest BCUT2D eigenvalue weighted by Gasteiger charge is -2.17. The number of hydrogen-bond acceptors (Lipinski definition) is 3. The highest BCUT2D eigenvalue weighted by atomic mass is 35.5. The van der Waals surface area contributed by atoms with Crippen LogP contribution < -0.4 is 10.6 Å². The van der Waals surface area contributed by atoms with E-state index in [9.17, 15) is 4.79 Å². The molecule has 0 radical (unpaired) electrons. The zero-order valence-corrected chi connectivity index (χ0v) is 15.4. The summed E-state index contributed by atoms with van der Waals surface area (Å²) in [6, 6.07) is 9.62. The number of para-hydroxylation sites is 1. The SMILES string of the molecule is O=C1NCCN1Cc1ccccc1NCc1cn2cc(Cl)cc(Cl)c2n1. The molecule has 1 aromatic carbocycles. The molecule has 0 spiro atoms. The van der Waals surface area contributed by atoms with E-state index in [0.29, 0.717) is 35.3 Å². The van der Waals surface area contributed by atoms with Gasteiger partial charge in [-0.3, -0.25) is 0 Å². The lowest BCUT2D eigenvalue weighted by molar-refractivity contribution is 0.215. The predicted octanol–water partition coefficient (Wildman–Crippen LogP) is 3.78. The number of aromatic nitrogens is 2. The minimum absolute atomic E-state index is 0.0216. The third kappa shape index (κ3) is 3.43. The molecule has 1 aliphatic heterocycles. The van der Waals surface area contributed by atoms with Gasteiger partial charge in [0.2, 0.25) is 0 Å². The molecular weight excluding hydrogens is 373 g/mol. The third-order valence-corrected chi connectivity index (χ3v) is 4.79. The van der Waals surface area contributed by atoms with Crippen LogP contribution >= 0.6 is 23.2 Å². The van der Waals surface area contributed by atoms with Crippen LogP contribution in [0.25, 0.3) is 5.65 Å². The molecule has 134 valence electrons. The second-order valence-corrected chi connectivity index (χ2v) is 6.98. The molecule has 8 heteroatoms. The molecule has 1 fully saturated rings. The van der Waals surface area contributed by atoms with E-state index in [1.165, 1.54) is 0 Å². The number of hydrogen-bond donors (Lipinski definition) is 2. The van der Waals surface area contributed by atoms with Crippen molar-refractivity contribution in [3.05, 3.63) is 64.0 Å². The van der Waals surface area contributed by atoms with Crippen LogP contribution in [-0.2, 0) is 13.1 Å². The van der Waals surface area contributed by atoms with Crippen molar-refractivity contribution in [2.45, 2.75) is 13.1 Å². The molecule has 0 atom stereocenters. The molecule has 4 rings (SSSR count). The molecule has 0 unspecified atom stereocenters. The van der Waals surface area contributed by atoms with E-state index < -0.39 is 0 Å². The van der Waals surface area contributed by atoms with E-state index in [1.807, 2.05) is 34.9 Å². The Morgan fingerprint density at radius 1 is 1.23 bits per heavy atom. The van der Waals surface area contributed by atoms with Gasteiger partial charge in [-0.15, -0.1) is 0 Å². The molecule has 3 heterocycles. The molecule has 0 aliphatic carbocycles. The fourth-order valence-electron chi connectivity index (χ4n) is 3.04. The molecule has 26 heavy (non-hydrogen) atoms. The topological polar surface area (TPSA) is 61.7 Å². The summed E-state index contributed by atoms with van der Waals surface area (Å²) in [6.07, 6.45) is 3.68. The monoisotopic (exact) mass is 389 g/mol. The van der Waals surface area contributed by atoms with E-state index >= 15 is 0 Å².